The summed E-state index contributed by atoms with van der Waals surface area (Å²) in [5, 5.41) is 9.49. The number of alkyl halides is 3. The Morgan fingerprint density at radius 1 is 1.00 bits per heavy atom. The second-order valence-corrected chi connectivity index (χ2v) is 4.92. The molecule has 0 aliphatic heterocycles. The van der Waals surface area contributed by atoms with Gasteiger partial charge in [0.25, 0.3) is 0 Å². The van der Waals surface area contributed by atoms with Crippen molar-refractivity contribution in [2.75, 3.05) is 0 Å². The molecule has 19 heavy (non-hydrogen) atoms. The lowest BCUT2D eigenvalue weighted by molar-refractivity contribution is -0.206. The van der Waals surface area contributed by atoms with Crippen molar-refractivity contribution in [1.29, 1.82) is 0 Å². The fourth-order valence-electron chi connectivity index (χ4n) is 2.54. The van der Waals surface area contributed by atoms with Gasteiger partial charge in [-0.25, -0.2) is 0 Å². The minimum Gasteiger partial charge on any atom is -0.379 e. The molecule has 0 aromatic rings. The Morgan fingerprint density at radius 3 is 2.16 bits per heavy atom. The normalized spacial score (nSPS) is 13.8. The largest absolute Gasteiger partial charge is 0.418 e. The monoisotopic (exact) mass is 268 g/mol. The molecule has 0 aromatic heterocycles. The van der Waals surface area contributed by atoms with Gasteiger partial charge in [0.15, 0.2) is 6.10 Å². The highest BCUT2D eigenvalue weighted by Gasteiger charge is 2.41. The zero-order chi connectivity index (χ0) is 14.4. The molecule has 0 amide bonds. The highest BCUT2D eigenvalue weighted by molar-refractivity contribution is 5.77. The van der Waals surface area contributed by atoms with Gasteiger partial charge in [0, 0.05) is 0 Å². The topological polar surface area (TPSA) is 20.2 Å². The van der Waals surface area contributed by atoms with Gasteiger partial charge in [-0.05, 0) is 48.6 Å². The molecule has 0 fully saturated rings. The highest BCUT2D eigenvalue weighted by atomic mass is 19.4. The molecule has 2 aliphatic carbocycles. The molecule has 0 spiro atoms. The third kappa shape index (κ3) is 2.45. The van der Waals surface area contributed by atoms with Crippen molar-refractivity contribution in [3.63, 3.8) is 0 Å². The molecule has 4 heteroatoms. The third-order valence-corrected chi connectivity index (χ3v) is 3.30. The van der Waals surface area contributed by atoms with E-state index in [0.29, 0.717) is 5.56 Å². The lowest BCUT2D eigenvalue weighted by atomic mass is 9.99. The number of halogens is 3. The molecule has 0 saturated carbocycles. The number of aliphatic hydroxyl groups is 1. The fraction of sp³-hybridized carbons (Fsp3) is 0.333. The first-order valence-electron chi connectivity index (χ1n) is 5.97. The van der Waals surface area contributed by atoms with Crippen molar-refractivity contribution >= 4 is 0 Å². The molecular formula is C15H15F3O. The zero-order valence-electron chi connectivity index (χ0n) is 11.0. The van der Waals surface area contributed by atoms with Crippen LogP contribution < -0.4 is 0 Å². The first kappa shape index (κ1) is 13.9. The second-order valence-electron chi connectivity index (χ2n) is 4.92. The van der Waals surface area contributed by atoms with E-state index >= 15 is 0 Å². The summed E-state index contributed by atoms with van der Waals surface area (Å²) in [4.78, 5) is 0. The van der Waals surface area contributed by atoms with Gasteiger partial charge in [-0.15, -0.1) is 0 Å². The molecule has 2 aliphatic rings. The standard InChI is InChI=1S/C15H15F3O/c1-8-6-9(2)11-4-5-12(13(11)10(3)7-8)14(19)15(16,17)18/h4-7,14,19H,1-3H3. The summed E-state index contributed by atoms with van der Waals surface area (Å²) >= 11 is 0. The molecule has 1 unspecified atom stereocenters. The molecule has 1 atom stereocenters. The van der Waals surface area contributed by atoms with Gasteiger partial charge in [0.1, 0.15) is 0 Å². The van der Waals surface area contributed by atoms with Crippen molar-refractivity contribution in [2.24, 2.45) is 0 Å². The van der Waals surface area contributed by atoms with Gasteiger partial charge in [-0.3, -0.25) is 0 Å². The summed E-state index contributed by atoms with van der Waals surface area (Å²) in [6.45, 7) is 5.53. The van der Waals surface area contributed by atoms with Gasteiger partial charge < -0.3 is 5.11 Å². The Morgan fingerprint density at radius 2 is 1.58 bits per heavy atom. The average Bonchev–Trinajstić information content (AvgIpc) is 2.66. The van der Waals surface area contributed by atoms with E-state index in [1.807, 2.05) is 26.0 Å². The quantitative estimate of drug-likeness (QED) is 0.817. The molecule has 0 heterocycles. The second kappa shape index (κ2) is 4.53. The van der Waals surface area contributed by atoms with E-state index in [1.54, 1.807) is 13.0 Å². The van der Waals surface area contributed by atoms with Crippen molar-refractivity contribution in [3.05, 3.63) is 46.5 Å². The van der Waals surface area contributed by atoms with Crippen molar-refractivity contribution in [2.45, 2.75) is 33.1 Å². The van der Waals surface area contributed by atoms with E-state index in [9.17, 15) is 18.3 Å². The number of aryl methyl sites for hydroxylation is 3. The molecule has 0 radical (unpaired) electrons. The molecular weight excluding hydrogens is 253 g/mol. The van der Waals surface area contributed by atoms with Crippen LogP contribution in [0.3, 0.4) is 0 Å². The van der Waals surface area contributed by atoms with Crippen LogP contribution in [0.2, 0.25) is 0 Å². The maximum atomic E-state index is 12.7. The van der Waals surface area contributed by atoms with Crippen LogP contribution in [0.15, 0.2) is 24.3 Å². The molecule has 0 bridgehead atoms. The Labute approximate surface area is 110 Å². The fourth-order valence-corrected chi connectivity index (χ4v) is 2.54. The summed E-state index contributed by atoms with van der Waals surface area (Å²) in [5.41, 5.74) is 3.81. The Kier molecular flexibility index (Phi) is 3.31. The van der Waals surface area contributed by atoms with E-state index in [4.69, 9.17) is 0 Å². The summed E-state index contributed by atoms with van der Waals surface area (Å²) in [6, 6.07) is 6.76. The average molecular weight is 268 g/mol. The Hall–Kier alpha value is -1.55. The van der Waals surface area contributed by atoms with Gasteiger partial charge in [0.05, 0.1) is 0 Å². The predicted octanol–water partition coefficient (Wildman–Crippen LogP) is 4.31. The summed E-state index contributed by atoms with van der Waals surface area (Å²) in [5.74, 6) is 0. The lowest BCUT2D eigenvalue weighted by Gasteiger charge is -2.16. The maximum Gasteiger partial charge on any atom is 0.418 e. The SMILES string of the molecule is Cc1cc(C)c2ccc(C(O)C(F)(F)F)c-2c(C)c1. The van der Waals surface area contributed by atoms with Crippen LogP contribution >= 0.6 is 0 Å². The first-order valence-corrected chi connectivity index (χ1v) is 5.97. The number of hydrogen-bond donors (Lipinski definition) is 1. The minimum atomic E-state index is -4.65. The van der Waals surface area contributed by atoms with Gasteiger partial charge in [0.2, 0.25) is 0 Å². The molecule has 2 rings (SSSR count). The van der Waals surface area contributed by atoms with Crippen LogP contribution in [0, 0.1) is 20.8 Å². The van der Waals surface area contributed by atoms with Crippen molar-refractivity contribution in [1.82, 2.24) is 0 Å². The van der Waals surface area contributed by atoms with Crippen molar-refractivity contribution in [3.8, 4) is 11.1 Å². The smallest absolute Gasteiger partial charge is 0.379 e. The van der Waals surface area contributed by atoms with Crippen LogP contribution in [0.4, 0.5) is 13.2 Å². The number of hydrogen-bond acceptors (Lipinski definition) is 1. The lowest BCUT2D eigenvalue weighted by Crippen LogP contribution is -2.20. The first-order chi connectivity index (χ1) is 8.71. The van der Waals surface area contributed by atoms with Gasteiger partial charge in [-0.2, -0.15) is 13.2 Å². The molecule has 1 N–H and O–H groups in total. The van der Waals surface area contributed by atoms with E-state index in [2.05, 4.69) is 0 Å². The Bertz CT molecular complexity index is 587. The predicted molar refractivity (Wildman–Crippen MR) is 68.3 cm³/mol. The number of aliphatic hydroxyl groups excluding tert-OH is 1. The maximum absolute atomic E-state index is 12.7. The zero-order valence-corrected chi connectivity index (χ0v) is 11.0. The van der Waals surface area contributed by atoms with Crippen LogP contribution in [0.1, 0.15) is 28.4 Å². The van der Waals surface area contributed by atoms with Crippen molar-refractivity contribution < 1.29 is 18.3 Å². The molecule has 1 nitrogen and oxygen atoms in total. The third-order valence-electron chi connectivity index (χ3n) is 3.30. The molecule has 0 saturated heterocycles. The van der Waals surface area contributed by atoms with E-state index < -0.39 is 12.3 Å². The Balaban J connectivity index is 2.71. The van der Waals surface area contributed by atoms with Crippen LogP contribution in [-0.2, 0) is 0 Å². The van der Waals surface area contributed by atoms with Crippen LogP contribution in [0.5, 0.6) is 0 Å². The van der Waals surface area contributed by atoms with Crippen LogP contribution in [0.25, 0.3) is 11.1 Å². The number of fused-ring (bicyclic) bond motifs is 1. The molecule has 102 valence electrons. The highest BCUT2D eigenvalue weighted by Crippen LogP contribution is 2.42. The van der Waals surface area contributed by atoms with Crippen LogP contribution in [-0.4, -0.2) is 11.3 Å². The molecule has 0 aromatic carbocycles. The van der Waals surface area contributed by atoms with E-state index in [0.717, 1.165) is 22.3 Å². The summed E-state index contributed by atoms with van der Waals surface area (Å²) < 4.78 is 38.1. The van der Waals surface area contributed by atoms with Gasteiger partial charge >= 0.3 is 6.18 Å². The number of rotatable bonds is 1. The summed E-state index contributed by atoms with van der Waals surface area (Å²) in [7, 11) is 0. The van der Waals surface area contributed by atoms with E-state index in [-0.39, 0.29) is 5.56 Å². The van der Waals surface area contributed by atoms with Gasteiger partial charge in [-0.1, -0.05) is 29.8 Å². The summed E-state index contributed by atoms with van der Waals surface area (Å²) in [6.07, 6.45) is -7.09. The minimum absolute atomic E-state index is 0.0706. The van der Waals surface area contributed by atoms with E-state index in [1.165, 1.54) is 6.07 Å².